The lowest BCUT2D eigenvalue weighted by atomic mass is 9.80. The van der Waals surface area contributed by atoms with E-state index in [9.17, 15) is 4.79 Å². The van der Waals surface area contributed by atoms with Crippen LogP contribution in [0.4, 0.5) is 0 Å². The molecule has 1 aromatic carbocycles. The molecule has 1 aliphatic carbocycles. The highest BCUT2D eigenvalue weighted by molar-refractivity contribution is 5.85. The van der Waals surface area contributed by atoms with Gasteiger partial charge in [0.1, 0.15) is 0 Å². The van der Waals surface area contributed by atoms with Crippen molar-refractivity contribution in [1.29, 1.82) is 0 Å². The Bertz CT molecular complexity index is 604. The van der Waals surface area contributed by atoms with E-state index in [1.165, 1.54) is 31.0 Å². The van der Waals surface area contributed by atoms with E-state index < -0.39 is 5.97 Å². The monoisotopic (exact) mass is 254 g/mol. The highest BCUT2D eigenvalue weighted by Crippen LogP contribution is 2.36. The molecule has 0 aliphatic heterocycles. The van der Waals surface area contributed by atoms with Gasteiger partial charge in [-0.3, -0.25) is 4.98 Å². The molecule has 1 aliphatic rings. The van der Waals surface area contributed by atoms with E-state index in [-0.39, 0.29) is 5.69 Å². The number of nitrogens with zero attached hydrogens (tertiary/aromatic N) is 2. The van der Waals surface area contributed by atoms with Crippen molar-refractivity contribution in [3.63, 3.8) is 0 Å². The zero-order chi connectivity index (χ0) is 13.2. The predicted octanol–water partition coefficient (Wildman–Crippen LogP) is 3.11. The second-order valence-corrected chi connectivity index (χ2v) is 4.84. The molecule has 0 bridgehead atoms. The Labute approximate surface area is 111 Å². The third kappa shape index (κ3) is 2.34. The smallest absolute Gasteiger partial charge is 0.356 e. The number of rotatable bonds is 3. The summed E-state index contributed by atoms with van der Waals surface area (Å²) in [4.78, 5) is 18.9. The molecule has 19 heavy (non-hydrogen) atoms. The molecule has 3 rings (SSSR count). The summed E-state index contributed by atoms with van der Waals surface area (Å²) in [5.41, 5.74) is 2.83. The maximum absolute atomic E-state index is 10.9. The van der Waals surface area contributed by atoms with E-state index in [4.69, 9.17) is 5.11 Å². The van der Waals surface area contributed by atoms with Crippen molar-refractivity contribution < 1.29 is 9.90 Å². The van der Waals surface area contributed by atoms with Crippen molar-refractivity contribution in [3.05, 3.63) is 47.9 Å². The molecule has 2 aromatic rings. The van der Waals surface area contributed by atoms with Crippen LogP contribution in [-0.4, -0.2) is 21.0 Å². The number of aromatic nitrogens is 2. The molecule has 0 saturated heterocycles. The third-order valence-electron chi connectivity index (χ3n) is 3.64. The lowest BCUT2D eigenvalue weighted by Gasteiger charge is -2.25. The molecule has 0 spiro atoms. The molecule has 0 atom stereocenters. The Kier molecular flexibility index (Phi) is 2.99. The minimum Gasteiger partial charge on any atom is -0.476 e. The SMILES string of the molecule is O=C(O)c1cncc(-c2ccc(C3CCC3)cc2)n1. The van der Waals surface area contributed by atoms with Gasteiger partial charge in [0, 0.05) is 5.56 Å². The second-order valence-electron chi connectivity index (χ2n) is 4.84. The first-order valence-corrected chi connectivity index (χ1v) is 6.40. The average Bonchev–Trinajstić information content (AvgIpc) is 2.38. The van der Waals surface area contributed by atoms with Gasteiger partial charge in [0.05, 0.1) is 18.1 Å². The van der Waals surface area contributed by atoms with Gasteiger partial charge in [0.25, 0.3) is 0 Å². The molecule has 96 valence electrons. The maximum Gasteiger partial charge on any atom is 0.356 e. The zero-order valence-corrected chi connectivity index (χ0v) is 10.4. The van der Waals surface area contributed by atoms with Gasteiger partial charge in [-0.15, -0.1) is 0 Å². The van der Waals surface area contributed by atoms with Crippen LogP contribution < -0.4 is 0 Å². The van der Waals surface area contributed by atoms with Gasteiger partial charge in [-0.1, -0.05) is 30.7 Å². The topological polar surface area (TPSA) is 63.1 Å². The van der Waals surface area contributed by atoms with E-state index in [2.05, 4.69) is 22.1 Å². The Morgan fingerprint density at radius 2 is 1.89 bits per heavy atom. The number of aromatic carboxylic acids is 1. The molecule has 0 radical (unpaired) electrons. The van der Waals surface area contributed by atoms with Crippen LogP contribution in [0, 0.1) is 0 Å². The van der Waals surface area contributed by atoms with Crippen molar-refractivity contribution in [2.24, 2.45) is 0 Å². The maximum atomic E-state index is 10.9. The average molecular weight is 254 g/mol. The largest absolute Gasteiger partial charge is 0.476 e. The summed E-state index contributed by atoms with van der Waals surface area (Å²) in [7, 11) is 0. The Balaban J connectivity index is 1.89. The van der Waals surface area contributed by atoms with E-state index in [1.54, 1.807) is 6.20 Å². The predicted molar refractivity (Wildman–Crippen MR) is 71.0 cm³/mol. The Morgan fingerprint density at radius 3 is 2.47 bits per heavy atom. The molecule has 1 heterocycles. The van der Waals surface area contributed by atoms with Crippen LogP contribution in [-0.2, 0) is 0 Å². The van der Waals surface area contributed by atoms with Gasteiger partial charge >= 0.3 is 5.97 Å². The van der Waals surface area contributed by atoms with Crippen LogP contribution in [0.15, 0.2) is 36.7 Å². The fourth-order valence-electron chi connectivity index (χ4n) is 2.28. The standard InChI is InChI=1S/C15H14N2O2/c18-15(19)14-9-16-8-13(17-14)12-6-4-11(5-7-12)10-2-1-3-10/h4-10H,1-3H2,(H,18,19). The molecule has 0 amide bonds. The molecular weight excluding hydrogens is 240 g/mol. The Morgan fingerprint density at radius 1 is 1.16 bits per heavy atom. The number of benzene rings is 1. The van der Waals surface area contributed by atoms with Gasteiger partial charge in [-0.05, 0) is 24.3 Å². The summed E-state index contributed by atoms with van der Waals surface area (Å²) in [5, 5.41) is 8.91. The first-order chi connectivity index (χ1) is 9.24. The van der Waals surface area contributed by atoms with E-state index in [1.807, 2.05) is 12.1 Å². The third-order valence-corrected chi connectivity index (χ3v) is 3.64. The number of hydrogen-bond donors (Lipinski definition) is 1. The molecule has 1 fully saturated rings. The van der Waals surface area contributed by atoms with Crippen molar-refractivity contribution in [2.75, 3.05) is 0 Å². The van der Waals surface area contributed by atoms with Gasteiger partial charge in [0.15, 0.2) is 5.69 Å². The summed E-state index contributed by atoms with van der Waals surface area (Å²) >= 11 is 0. The minimum absolute atomic E-state index is 0.0273. The normalized spacial score (nSPS) is 14.9. The van der Waals surface area contributed by atoms with Crippen molar-refractivity contribution in [3.8, 4) is 11.3 Å². The van der Waals surface area contributed by atoms with Gasteiger partial charge < -0.3 is 5.11 Å². The van der Waals surface area contributed by atoms with E-state index in [0.717, 1.165) is 5.56 Å². The second kappa shape index (κ2) is 4.80. The van der Waals surface area contributed by atoms with E-state index in [0.29, 0.717) is 11.6 Å². The van der Waals surface area contributed by atoms with Crippen molar-refractivity contribution >= 4 is 5.97 Å². The zero-order valence-electron chi connectivity index (χ0n) is 10.4. The minimum atomic E-state index is -1.06. The number of carboxylic acids is 1. The van der Waals surface area contributed by atoms with Crippen LogP contribution in [0.5, 0.6) is 0 Å². The van der Waals surface area contributed by atoms with Crippen molar-refractivity contribution in [1.82, 2.24) is 9.97 Å². The lowest BCUT2D eigenvalue weighted by Crippen LogP contribution is -2.08. The summed E-state index contributed by atoms with van der Waals surface area (Å²) in [6.07, 6.45) is 6.71. The number of carboxylic acid groups (broad SMARTS) is 1. The molecular formula is C15H14N2O2. The highest BCUT2D eigenvalue weighted by Gasteiger charge is 2.19. The van der Waals surface area contributed by atoms with Crippen LogP contribution in [0.3, 0.4) is 0 Å². The molecule has 4 nitrogen and oxygen atoms in total. The van der Waals surface area contributed by atoms with Gasteiger partial charge in [-0.25, -0.2) is 9.78 Å². The quantitative estimate of drug-likeness (QED) is 0.914. The first-order valence-electron chi connectivity index (χ1n) is 6.40. The van der Waals surface area contributed by atoms with Crippen LogP contribution in [0.2, 0.25) is 0 Å². The van der Waals surface area contributed by atoms with Crippen LogP contribution >= 0.6 is 0 Å². The van der Waals surface area contributed by atoms with Gasteiger partial charge in [0.2, 0.25) is 0 Å². The van der Waals surface area contributed by atoms with Crippen molar-refractivity contribution in [2.45, 2.75) is 25.2 Å². The fourth-order valence-corrected chi connectivity index (χ4v) is 2.28. The fraction of sp³-hybridized carbons (Fsp3) is 0.267. The van der Waals surface area contributed by atoms with Crippen LogP contribution in [0.1, 0.15) is 41.2 Å². The summed E-state index contributed by atoms with van der Waals surface area (Å²) in [6, 6.07) is 8.19. The molecule has 1 saturated carbocycles. The summed E-state index contributed by atoms with van der Waals surface area (Å²) in [5.74, 6) is -0.356. The molecule has 4 heteroatoms. The van der Waals surface area contributed by atoms with E-state index >= 15 is 0 Å². The highest BCUT2D eigenvalue weighted by atomic mass is 16.4. The van der Waals surface area contributed by atoms with Gasteiger partial charge in [-0.2, -0.15) is 0 Å². The number of carbonyl (C=O) groups is 1. The lowest BCUT2D eigenvalue weighted by molar-refractivity contribution is 0.0690. The first kappa shape index (κ1) is 11.8. The summed E-state index contributed by atoms with van der Waals surface area (Å²) < 4.78 is 0. The molecule has 1 aromatic heterocycles. The summed E-state index contributed by atoms with van der Waals surface area (Å²) in [6.45, 7) is 0. The Hall–Kier alpha value is -2.23. The molecule has 1 N–H and O–H groups in total. The number of hydrogen-bond acceptors (Lipinski definition) is 3. The van der Waals surface area contributed by atoms with Crippen LogP contribution in [0.25, 0.3) is 11.3 Å². The molecule has 0 unspecified atom stereocenters.